The third-order valence-corrected chi connectivity index (χ3v) is 7.66. The van der Waals surface area contributed by atoms with E-state index in [4.69, 9.17) is 0 Å². The van der Waals surface area contributed by atoms with Gasteiger partial charge in [-0.1, -0.05) is 11.3 Å². The Morgan fingerprint density at radius 3 is 1.86 bits per heavy atom. The van der Waals surface area contributed by atoms with Crippen LogP contribution in [0.25, 0.3) is 0 Å². The van der Waals surface area contributed by atoms with Gasteiger partial charge in [-0.2, -0.15) is 0 Å². The average molecular weight is 370 g/mol. The zero-order valence-electron chi connectivity index (χ0n) is 11.2. The molecule has 0 radical (unpaired) electrons. The molecule has 0 saturated carbocycles. The molecule has 0 aliphatic rings. The molecule has 1 aromatic rings. The van der Waals surface area contributed by atoms with Gasteiger partial charge in [-0.05, 0) is 12.8 Å². The maximum atomic E-state index is 11.8. The summed E-state index contributed by atoms with van der Waals surface area (Å²) in [7, 11) is -11.8. The maximum Gasteiger partial charge on any atom is 1.00 e. The fraction of sp³-hybridized carbons (Fsp3) is 0.714. The molecule has 0 amide bonds. The van der Waals surface area contributed by atoms with Gasteiger partial charge in [0.2, 0.25) is 28.4 Å². The van der Waals surface area contributed by atoms with Crippen molar-refractivity contribution in [1.29, 1.82) is 0 Å². The second-order valence-corrected chi connectivity index (χ2v) is 10.9. The van der Waals surface area contributed by atoms with Crippen LogP contribution in [0.3, 0.4) is 0 Å². The molecular formula is C7H11LiN2O7S4. The van der Waals surface area contributed by atoms with Crippen molar-refractivity contribution in [2.24, 2.45) is 0 Å². The Morgan fingerprint density at radius 1 is 0.952 bits per heavy atom. The predicted octanol–water partition coefficient (Wildman–Crippen LogP) is -3.96. The van der Waals surface area contributed by atoms with E-state index in [9.17, 15) is 29.8 Å². The van der Waals surface area contributed by atoms with Crippen LogP contribution in [0.5, 0.6) is 0 Å². The molecule has 1 aromatic heterocycles. The monoisotopic (exact) mass is 370 g/mol. The molecule has 0 saturated heterocycles. The molecule has 116 valence electrons. The van der Waals surface area contributed by atoms with E-state index in [-0.39, 0.29) is 31.7 Å². The van der Waals surface area contributed by atoms with E-state index in [2.05, 4.69) is 10.2 Å². The van der Waals surface area contributed by atoms with Gasteiger partial charge in [0, 0.05) is 12.0 Å². The molecule has 1 heterocycles. The van der Waals surface area contributed by atoms with Crippen LogP contribution in [-0.4, -0.2) is 57.8 Å². The van der Waals surface area contributed by atoms with Gasteiger partial charge < -0.3 is 4.55 Å². The number of unbranched alkanes of at least 4 members (excludes halogenated alkanes) is 1. The topological polar surface area (TPSA) is 151 Å². The van der Waals surface area contributed by atoms with E-state index in [0.717, 1.165) is 6.26 Å². The van der Waals surface area contributed by atoms with Gasteiger partial charge >= 0.3 is 18.9 Å². The minimum atomic E-state index is -4.37. The molecule has 0 fully saturated rings. The van der Waals surface area contributed by atoms with Crippen molar-refractivity contribution in [2.45, 2.75) is 21.5 Å². The van der Waals surface area contributed by atoms with Gasteiger partial charge in [-0.15, -0.1) is 10.2 Å². The Morgan fingerprint density at radius 2 is 1.43 bits per heavy atom. The summed E-state index contributed by atoms with van der Waals surface area (Å²) in [5, 5.41) is 6.58. The fourth-order valence-corrected chi connectivity index (χ4v) is 5.11. The first kappa shape index (κ1) is 21.0. The van der Waals surface area contributed by atoms with Crippen molar-refractivity contribution in [3.8, 4) is 0 Å². The minimum absolute atomic E-state index is 0. The Labute approximate surface area is 138 Å². The van der Waals surface area contributed by atoms with Crippen LogP contribution in [0.2, 0.25) is 0 Å². The van der Waals surface area contributed by atoms with Crippen LogP contribution in [0, 0.1) is 0 Å². The molecule has 1 rings (SSSR count). The van der Waals surface area contributed by atoms with E-state index in [1.807, 2.05) is 0 Å². The minimum Gasteiger partial charge on any atom is -0.748 e. The summed E-state index contributed by atoms with van der Waals surface area (Å²) in [6, 6.07) is 0. The first-order valence-corrected chi connectivity index (χ1v) is 11.1. The standard InChI is InChI=1S/C7H12N2O7S4.Li/c1-18(10,11)6-8-9-7(17-6)19(12,13)4-2-3-5-20(14,15)16;/h2-5H2,1H3,(H,14,15,16);/q;+1/p-1. The number of hydrogen-bond acceptors (Lipinski definition) is 10. The van der Waals surface area contributed by atoms with Crippen LogP contribution < -0.4 is 18.9 Å². The SMILES string of the molecule is CS(=O)(=O)c1nnc(S(=O)(=O)CCCCS(=O)(=O)[O-])s1.[Li+]. The summed E-state index contributed by atoms with van der Waals surface area (Å²) in [4.78, 5) is 0. The van der Waals surface area contributed by atoms with Gasteiger partial charge in [0.1, 0.15) is 0 Å². The van der Waals surface area contributed by atoms with Crippen LogP contribution in [0.4, 0.5) is 0 Å². The number of nitrogens with zero attached hydrogens (tertiary/aromatic N) is 2. The molecule has 0 N–H and O–H groups in total. The van der Waals surface area contributed by atoms with Crippen molar-refractivity contribution in [1.82, 2.24) is 10.2 Å². The third-order valence-electron chi connectivity index (χ3n) is 2.03. The molecule has 0 aromatic carbocycles. The molecule has 0 spiro atoms. The molecule has 21 heavy (non-hydrogen) atoms. The molecule has 0 aliphatic carbocycles. The summed E-state index contributed by atoms with van der Waals surface area (Å²) in [5.74, 6) is -1.08. The number of rotatable bonds is 7. The van der Waals surface area contributed by atoms with Crippen molar-refractivity contribution in [3.05, 3.63) is 0 Å². The molecular weight excluding hydrogens is 359 g/mol. The van der Waals surface area contributed by atoms with Crippen LogP contribution in [0.1, 0.15) is 12.8 Å². The Bertz CT molecular complexity index is 781. The summed E-state index contributed by atoms with van der Waals surface area (Å²) in [5.41, 5.74) is 0. The molecule has 0 unspecified atom stereocenters. The molecule has 0 aliphatic heterocycles. The Balaban J connectivity index is 0.00000400. The summed E-state index contributed by atoms with van der Waals surface area (Å²) >= 11 is 0.432. The van der Waals surface area contributed by atoms with Gasteiger partial charge in [-0.3, -0.25) is 0 Å². The summed E-state index contributed by atoms with van der Waals surface area (Å²) in [6.07, 6.45) is 0.739. The van der Waals surface area contributed by atoms with Gasteiger partial charge in [0.25, 0.3) is 0 Å². The van der Waals surface area contributed by atoms with Crippen LogP contribution in [0.15, 0.2) is 8.68 Å². The second kappa shape index (κ2) is 7.49. The number of sulfone groups is 2. The Kier molecular flexibility index (Phi) is 7.48. The van der Waals surface area contributed by atoms with Gasteiger partial charge in [-0.25, -0.2) is 25.3 Å². The quantitative estimate of drug-likeness (QED) is 0.266. The molecule has 9 nitrogen and oxygen atoms in total. The van der Waals surface area contributed by atoms with Crippen molar-refractivity contribution >= 4 is 41.1 Å². The summed E-state index contributed by atoms with van der Waals surface area (Å²) < 4.78 is 76.1. The van der Waals surface area contributed by atoms with Crippen molar-refractivity contribution in [2.75, 3.05) is 17.8 Å². The van der Waals surface area contributed by atoms with Crippen molar-refractivity contribution < 1.29 is 48.7 Å². The summed E-state index contributed by atoms with van der Waals surface area (Å²) in [6.45, 7) is 0. The van der Waals surface area contributed by atoms with E-state index >= 15 is 0 Å². The normalized spacial score (nSPS) is 12.9. The first-order chi connectivity index (χ1) is 8.92. The van der Waals surface area contributed by atoms with E-state index < -0.39 is 50.0 Å². The first-order valence-electron chi connectivity index (χ1n) is 5.12. The molecule has 0 bridgehead atoms. The van der Waals surface area contributed by atoms with E-state index in [1.165, 1.54) is 0 Å². The second-order valence-electron chi connectivity index (χ2n) is 3.89. The predicted molar refractivity (Wildman–Crippen MR) is 68.9 cm³/mol. The van der Waals surface area contributed by atoms with Crippen LogP contribution in [-0.2, 0) is 29.8 Å². The van der Waals surface area contributed by atoms with E-state index in [1.54, 1.807) is 0 Å². The maximum absolute atomic E-state index is 11.8. The van der Waals surface area contributed by atoms with Gasteiger partial charge in [0.15, 0.2) is 0 Å². The molecule has 14 heteroatoms. The average Bonchev–Trinajstić information content (AvgIpc) is 2.72. The number of aromatic nitrogens is 2. The fourth-order valence-electron chi connectivity index (χ4n) is 1.13. The van der Waals surface area contributed by atoms with E-state index in [0.29, 0.717) is 11.3 Å². The largest absolute Gasteiger partial charge is 1.00 e. The van der Waals surface area contributed by atoms with Crippen LogP contribution >= 0.6 is 11.3 Å². The Hall–Kier alpha value is -0.0326. The zero-order chi connectivity index (χ0) is 15.6. The third kappa shape index (κ3) is 7.18. The van der Waals surface area contributed by atoms with Gasteiger partial charge in [0.05, 0.1) is 15.9 Å². The smallest absolute Gasteiger partial charge is 0.748 e. The van der Waals surface area contributed by atoms with Crippen molar-refractivity contribution in [3.63, 3.8) is 0 Å². The molecule has 0 atom stereocenters. The number of hydrogen-bond donors (Lipinski definition) is 0. The zero-order valence-corrected chi connectivity index (χ0v) is 14.5.